The van der Waals surface area contributed by atoms with E-state index >= 15 is 0 Å². The fourth-order valence-electron chi connectivity index (χ4n) is 3.33. The molecule has 8 nitrogen and oxygen atoms in total. The van der Waals surface area contributed by atoms with E-state index in [0.717, 1.165) is 37.7 Å². The zero-order chi connectivity index (χ0) is 22.5. The van der Waals surface area contributed by atoms with Crippen LogP contribution < -0.4 is 14.8 Å². The minimum absolute atomic E-state index is 0.558. The molecule has 1 saturated heterocycles. The van der Waals surface area contributed by atoms with Crippen molar-refractivity contribution in [3.05, 3.63) is 35.9 Å². The second-order valence-corrected chi connectivity index (χ2v) is 7.49. The molecule has 0 amide bonds. The Kier molecular flexibility index (Phi) is 11.5. The number of nitrogens with one attached hydrogen (secondary N) is 1. The Morgan fingerprint density at radius 2 is 1.73 bits per heavy atom. The van der Waals surface area contributed by atoms with Crippen LogP contribution in [0.5, 0.6) is 11.5 Å². The monoisotopic (exact) mass is 422 g/mol. The van der Waals surface area contributed by atoms with E-state index < -0.39 is 11.9 Å². The highest BCUT2D eigenvalue weighted by Crippen LogP contribution is 2.27. The summed E-state index contributed by atoms with van der Waals surface area (Å²) in [6, 6.07) is 6.79. The van der Waals surface area contributed by atoms with Crippen LogP contribution in [0, 0.1) is 5.92 Å². The molecule has 0 spiro atoms. The molecule has 0 aromatic heterocycles. The van der Waals surface area contributed by atoms with E-state index in [1.54, 1.807) is 14.2 Å². The van der Waals surface area contributed by atoms with E-state index in [0.29, 0.717) is 24.1 Å². The number of nitrogens with zero attached hydrogens (tertiary/aromatic N) is 1. The maximum absolute atomic E-state index is 9.55. The molecule has 0 aliphatic carbocycles. The van der Waals surface area contributed by atoms with E-state index in [1.165, 1.54) is 18.4 Å². The normalized spacial score (nSPS) is 14.5. The van der Waals surface area contributed by atoms with E-state index in [2.05, 4.69) is 30.1 Å². The third-order valence-electron chi connectivity index (χ3n) is 4.66. The third kappa shape index (κ3) is 9.76. The quantitative estimate of drug-likeness (QED) is 0.521. The topological polar surface area (TPSA) is 108 Å². The summed E-state index contributed by atoms with van der Waals surface area (Å²) in [6.07, 6.45) is 3.57. The molecule has 1 aliphatic heterocycles. The lowest BCUT2D eigenvalue weighted by atomic mass is 10.0. The standard InChI is InChI=1S/C18H30N2O2.C4H4O4/c1-14(2)12-20(16-7-9-19-10-8-16)13-15-5-6-17(21-3)11-18(15)22-4;5-3(6)1-2-4(7)8/h5-6,11,14,16,19H,7-10,12-13H2,1-4H3;1-2H,(H,5,6)(H,7,8). The van der Waals surface area contributed by atoms with Gasteiger partial charge in [0, 0.05) is 42.9 Å². The van der Waals surface area contributed by atoms with Crippen molar-refractivity contribution >= 4 is 11.9 Å². The first-order chi connectivity index (χ1) is 14.3. The lowest BCUT2D eigenvalue weighted by Gasteiger charge is -2.36. The number of hydrogen-bond acceptors (Lipinski definition) is 6. The third-order valence-corrected chi connectivity index (χ3v) is 4.66. The van der Waals surface area contributed by atoms with Gasteiger partial charge in [-0.2, -0.15) is 0 Å². The second kappa shape index (κ2) is 13.6. The number of piperidine rings is 1. The average molecular weight is 423 g/mol. The first-order valence-electron chi connectivity index (χ1n) is 10.1. The van der Waals surface area contributed by atoms with Crippen molar-refractivity contribution < 1.29 is 29.3 Å². The lowest BCUT2D eigenvalue weighted by molar-refractivity contribution is -0.134. The van der Waals surface area contributed by atoms with Crippen LogP contribution in [0.4, 0.5) is 0 Å². The number of aliphatic carboxylic acids is 2. The van der Waals surface area contributed by atoms with Crippen LogP contribution in [0.1, 0.15) is 32.3 Å². The predicted octanol–water partition coefficient (Wildman–Crippen LogP) is 2.63. The van der Waals surface area contributed by atoms with Crippen LogP contribution in [0.3, 0.4) is 0 Å². The molecule has 0 radical (unpaired) electrons. The number of rotatable bonds is 9. The summed E-state index contributed by atoms with van der Waals surface area (Å²) in [4.78, 5) is 21.7. The van der Waals surface area contributed by atoms with Gasteiger partial charge in [-0.25, -0.2) is 9.59 Å². The number of benzene rings is 1. The summed E-state index contributed by atoms with van der Waals surface area (Å²) in [5.41, 5.74) is 1.24. The first kappa shape index (κ1) is 25.5. The van der Waals surface area contributed by atoms with Gasteiger partial charge in [-0.1, -0.05) is 19.9 Å². The Bertz CT molecular complexity index is 683. The molecule has 30 heavy (non-hydrogen) atoms. The number of carboxylic acids is 2. The molecule has 1 heterocycles. The van der Waals surface area contributed by atoms with Gasteiger partial charge in [0.05, 0.1) is 14.2 Å². The second-order valence-electron chi connectivity index (χ2n) is 7.49. The number of carbonyl (C=O) groups is 2. The zero-order valence-electron chi connectivity index (χ0n) is 18.3. The van der Waals surface area contributed by atoms with Gasteiger partial charge in [0.1, 0.15) is 11.5 Å². The Hall–Kier alpha value is -2.58. The molecule has 0 bridgehead atoms. The van der Waals surface area contributed by atoms with Crippen molar-refractivity contribution in [3.63, 3.8) is 0 Å². The highest BCUT2D eigenvalue weighted by molar-refractivity contribution is 5.89. The molecular weight excluding hydrogens is 388 g/mol. The maximum atomic E-state index is 9.55. The molecule has 168 valence electrons. The van der Waals surface area contributed by atoms with Crippen LogP contribution in [0.15, 0.2) is 30.4 Å². The van der Waals surface area contributed by atoms with Crippen molar-refractivity contribution in [1.82, 2.24) is 10.2 Å². The van der Waals surface area contributed by atoms with Crippen molar-refractivity contribution in [2.45, 2.75) is 39.3 Å². The molecule has 1 aromatic carbocycles. The van der Waals surface area contributed by atoms with Gasteiger partial charge < -0.3 is 25.0 Å². The van der Waals surface area contributed by atoms with Gasteiger partial charge in [-0.05, 0) is 37.9 Å². The van der Waals surface area contributed by atoms with Crippen LogP contribution in [0.25, 0.3) is 0 Å². The van der Waals surface area contributed by atoms with E-state index in [9.17, 15) is 9.59 Å². The molecule has 3 N–H and O–H groups in total. The van der Waals surface area contributed by atoms with Crippen molar-refractivity contribution in [1.29, 1.82) is 0 Å². The number of ether oxygens (including phenoxy) is 2. The molecule has 2 rings (SSSR count). The summed E-state index contributed by atoms with van der Waals surface area (Å²) in [5.74, 6) is -0.0844. The van der Waals surface area contributed by atoms with Gasteiger partial charge in [-0.3, -0.25) is 4.90 Å². The molecule has 1 aromatic rings. The van der Waals surface area contributed by atoms with Gasteiger partial charge in [0.2, 0.25) is 0 Å². The Morgan fingerprint density at radius 1 is 1.13 bits per heavy atom. The molecule has 8 heteroatoms. The molecule has 1 fully saturated rings. The van der Waals surface area contributed by atoms with Crippen molar-refractivity contribution in [3.8, 4) is 11.5 Å². The van der Waals surface area contributed by atoms with E-state index in [1.807, 2.05) is 12.1 Å². The Morgan fingerprint density at radius 3 is 2.20 bits per heavy atom. The van der Waals surface area contributed by atoms with Gasteiger partial charge in [0.25, 0.3) is 0 Å². The minimum atomic E-state index is -1.26. The molecule has 0 unspecified atom stereocenters. The summed E-state index contributed by atoms with van der Waals surface area (Å²) in [7, 11) is 3.42. The van der Waals surface area contributed by atoms with Gasteiger partial charge in [-0.15, -0.1) is 0 Å². The predicted molar refractivity (Wildman–Crippen MR) is 115 cm³/mol. The van der Waals surface area contributed by atoms with Crippen LogP contribution in [-0.2, 0) is 16.1 Å². The summed E-state index contributed by atoms with van der Waals surface area (Å²) in [5, 5.41) is 19.1. The maximum Gasteiger partial charge on any atom is 0.328 e. The highest BCUT2D eigenvalue weighted by Gasteiger charge is 2.22. The first-order valence-corrected chi connectivity index (χ1v) is 10.1. The van der Waals surface area contributed by atoms with Gasteiger partial charge >= 0.3 is 11.9 Å². The fourth-order valence-corrected chi connectivity index (χ4v) is 3.33. The number of hydrogen-bond donors (Lipinski definition) is 3. The van der Waals surface area contributed by atoms with E-state index in [-0.39, 0.29) is 0 Å². The Labute approximate surface area is 178 Å². The minimum Gasteiger partial charge on any atom is -0.497 e. The number of carboxylic acid groups (broad SMARTS) is 2. The Balaban J connectivity index is 0.000000479. The molecule has 1 aliphatic rings. The molecule has 0 saturated carbocycles. The molecular formula is C22H34N2O6. The molecule has 0 atom stereocenters. The largest absolute Gasteiger partial charge is 0.497 e. The van der Waals surface area contributed by atoms with Crippen molar-refractivity contribution in [2.24, 2.45) is 5.92 Å². The van der Waals surface area contributed by atoms with E-state index in [4.69, 9.17) is 19.7 Å². The zero-order valence-corrected chi connectivity index (χ0v) is 18.3. The lowest BCUT2D eigenvalue weighted by Crippen LogP contribution is -2.44. The van der Waals surface area contributed by atoms with Crippen molar-refractivity contribution in [2.75, 3.05) is 33.9 Å². The summed E-state index contributed by atoms with van der Waals surface area (Å²) < 4.78 is 10.9. The fraction of sp³-hybridized carbons (Fsp3) is 0.545. The summed E-state index contributed by atoms with van der Waals surface area (Å²) in [6.45, 7) is 8.90. The highest BCUT2D eigenvalue weighted by atomic mass is 16.5. The summed E-state index contributed by atoms with van der Waals surface area (Å²) >= 11 is 0. The van der Waals surface area contributed by atoms with Crippen LogP contribution in [-0.4, -0.2) is 66.9 Å². The smallest absolute Gasteiger partial charge is 0.328 e. The number of methoxy groups -OCH3 is 2. The average Bonchev–Trinajstić information content (AvgIpc) is 2.72. The van der Waals surface area contributed by atoms with Gasteiger partial charge in [0.15, 0.2) is 0 Å². The SMILES string of the molecule is COc1ccc(CN(CC(C)C)C2CCNCC2)c(OC)c1.O=C(O)C=CC(=O)O. The van der Waals surface area contributed by atoms with Crippen LogP contribution in [0.2, 0.25) is 0 Å². The van der Waals surface area contributed by atoms with Crippen LogP contribution >= 0.6 is 0 Å².